The molecule has 0 spiro atoms. The highest BCUT2D eigenvalue weighted by Gasteiger charge is 2.06. The standard InChI is InChI=1S/C14H18BrN3O2/c1-18-6-5-12(17-18)8-16-9-13(19)10-20-14-4-2-3-11(15)7-14/h2-7,13,16,19H,8-10H2,1H3. The number of nitrogens with one attached hydrogen (secondary N) is 1. The van der Waals surface area contributed by atoms with Gasteiger partial charge in [0.25, 0.3) is 0 Å². The minimum absolute atomic E-state index is 0.256. The molecule has 1 atom stereocenters. The highest BCUT2D eigenvalue weighted by Crippen LogP contribution is 2.17. The first-order valence-electron chi connectivity index (χ1n) is 6.39. The van der Waals surface area contributed by atoms with Crippen molar-refractivity contribution in [3.63, 3.8) is 0 Å². The molecule has 2 N–H and O–H groups in total. The number of ether oxygens (including phenoxy) is 1. The van der Waals surface area contributed by atoms with Gasteiger partial charge < -0.3 is 15.2 Å². The minimum Gasteiger partial charge on any atom is -0.491 e. The smallest absolute Gasteiger partial charge is 0.120 e. The minimum atomic E-state index is -0.558. The van der Waals surface area contributed by atoms with Crippen molar-refractivity contribution in [2.75, 3.05) is 13.2 Å². The van der Waals surface area contributed by atoms with E-state index < -0.39 is 6.10 Å². The summed E-state index contributed by atoms with van der Waals surface area (Å²) in [7, 11) is 1.88. The first-order chi connectivity index (χ1) is 9.63. The van der Waals surface area contributed by atoms with Gasteiger partial charge in [0.05, 0.1) is 5.69 Å². The van der Waals surface area contributed by atoms with Gasteiger partial charge in [0.1, 0.15) is 18.5 Å². The second-order valence-electron chi connectivity index (χ2n) is 4.53. The molecular weight excluding hydrogens is 322 g/mol. The van der Waals surface area contributed by atoms with Crippen LogP contribution in [0.25, 0.3) is 0 Å². The van der Waals surface area contributed by atoms with Gasteiger partial charge in [0.15, 0.2) is 0 Å². The molecule has 6 heteroatoms. The molecular formula is C14H18BrN3O2. The number of nitrogens with zero attached hydrogens (tertiary/aromatic N) is 2. The fraction of sp³-hybridized carbons (Fsp3) is 0.357. The van der Waals surface area contributed by atoms with Crippen LogP contribution in [0.5, 0.6) is 5.75 Å². The first-order valence-corrected chi connectivity index (χ1v) is 7.18. The zero-order chi connectivity index (χ0) is 14.4. The van der Waals surface area contributed by atoms with Crippen molar-refractivity contribution in [1.29, 1.82) is 0 Å². The van der Waals surface area contributed by atoms with E-state index in [0.29, 0.717) is 13.1 Å². The molecule has 20 heavy (non-hydrogen) atoms. The van der Waals surface area contributed by atoms with Crippen molar-refractivity contribution in [3.05, 3.63) is 46.7 Å². The van der Waals surface area contributed by atoms with Crippen LogP contribution in [0.2, 0.25) is 0 Å². The van der Waals surface area contributed by atoms with E-state index in [1.54, 1.807) is 4.68 Å². The third-order valence-electron chi connectivity index (χ3n) is 2.69. The Balaban J connectivity index is 1.66. The Morgan fingerprint density at radius 2 is 2.30 bits per heavy atom. The number of benzene rings is 1. The van der Waals surface area contributed by atoms with E-state index in [0.717, 1.165) is 15.9 Å². The summed E-state index contributed by atoms with van der Waals surface area (Å²) in [5.41, 5.74) is 0.951. The molecule has 0 aliphatic carbocycles. The Labute approximate surface area is 126 Å². The molecule has 0 saturated heterocycles. The number of hydrogen-bond acceptors (Lipinski definition) is 4. The maximum atomic E-state index is 9.84. The second-order valence-corrected chi connectivity index (χ2v) is 5.45. The number of aryl methyl sites for hydroxylation is 1. The average molecular weight is 340 g/mol. The normalized spacial score (nSPS) is 12.3. The van der Waals surface area contributed by atoms with E-state index in [2.05, 4.69) is 26.3 Å². The molecule has 0 aliphatic rings. The molecule has 2 rings (SSSR count). The first kappa shape index (κ1) is 15.0. The Morgan fingerprint density at radius 3 is 3.00 bits per heavy atom. The van der Waals surface area contributed by atoms with Gasteiger partial charge in [-0.3, -0.25) is 4.68 Å². The van der Waals surface area contributed by atoms with Crippen LogP contribution in [-0.2, 0) is 13.6 Å². The highest BCUT2D eigenvalue weighted by molar-refractivity contribution is 9.10. The molecule has 1 aromatic heterocycles. The average Bonchev–Trinajstić information content (AvgIpc) is 2.82. The van der Waals surface area contributed by atoms with E-state index in [9.17, 15) is 5.11 Å². The van der Waals surface area contributed by atoms with Gasteiger partial charge in [0, 0.05) is 30.8 Å². The largest absolute Gasteiger partial charge is 0.491 e. The van der Waals surface area contributed by atoms with Crippen LogP contribution in [0.3, 0.4) is 0 Å². The lowest BCUT2D eigenvalue weighted by Gasteiger charge is -2.13. The van der Waals surface area contributed by atoms with Crippen LogP contribution in [0.15, 0.2) is 41.0 Å². The molecule has 1 aromatic carbocycles. The predicted molar refractivity (Wildman–Crippen MR) is 80.6 cm³/mol. The van der Waals surface area contributed by atoms with E-state index in [1.165, 1.54) is 0 Å². The number of aliphatic hydroxyl groups excluding tert-OH is 1. The van der Waals surface area contributed by atoms with Crippen molar-refractivity contribution in [1.82, 2.24) is 15.1 Å². The maximum absolute atomic E-state index is 9.84. The fourth-order valence-corrected chi connectivity index (χ4v) is 2.11. The second kappa shape index (κ2) is 7.42. The van der Waals surface area contributed by atoms with E-state index in [-0.39, 0.29) is 6.61 Å². The quantitative estimate of drug-likeness (QED) is 0.806. The molecule has 1 unspecified atom stereocenters. The summed E-state index contributed by atoms with van der Waals surface area (Å²) in [6.45, 7) is 1.35. The van der Waals surface area contributed by atoms with Gasteiger partial charge in [-0.1, -0.05) is 22.0 Å². The fourth-order valence-electron chi connectivity index (χ4n) is 1.73. The van der Waals surface area contributed by atoms with Crippen molar-refractivity contribution in [2.24, 2.45) is 7.05 Å². The van der Waals surface area contributed by atoms with Crippen molar-refractivity contribution < 1.29 is 9.84 Å². The van der Waals surface area contributed by atoms with Crippen LogP contribution in [0.4, 0.5) is 0 Å². The molecule has 0 saturated carbocycles. The van der Waals surface area contributed by atoms with Crippen LogP contribution in [0.1, 0.15) is 5.69 Å². The Bertz CT molecular complexity index is 545. The third kappa shape index (κ3) is 4.96. The lowest BCUT2D eigenvalue weighted by Crippen LogP contribution is -2.31. The molecule has 0 fully saturated rings. The summed E-state index contributed by atoms with van der Waals surface area (Å²) >= 11 is 3.38. The third-order valence-corrected chi connectivity index (χ3v) is 3.19. The summed E-state index contributed by atoms with van der Waals surface area (Å²) in [6, 6.07) is 9.49. The number of aliphatic hydroxyl groups is 1. The zero-order valence-corrected chi connectivity index (χ0v) is 12.9. The van der Waals surface area contributed by atoms with Crippen molar-refractivity contribution in [2.45, 2.75) is 12.6 Å². The van der Waals surface area contributed by atoms with Crippen molar-refractivity contribution >= 4 is 15.9 Å². The van der Waals surface area contributed by atoms with E-state index in [1.807, 2.05) is 43.6 Å². The Morgan fingerprint density at radius 1 is 1.45 bits per heavy atom. The summed E-state index contributed by atoms with van der Waals surface area (Å²) in [5.74, 6) is 0.739. The molecule has 5 nitrogen and oxygen atoms in total. The molecule has 0 bridgehead atoms. The van der Waals surface area contributed by atoms with E-state index in [4.69, 9.17) is 4.74 Å². The van der Waals surface area contributed by atoms with Gasteiger partial charge in [0.2, 0.25) is 0 Å². The van der Waals surface area contributed by atoms with Gasteiger partial charge in [-0.2, -0.15) is 5.10 Å². The molecule has 2 aromatic rings. The molecule has 0 aliphatic heterocycles. The number of rotatable bonds is 7. The summed E-state index contributed by atoms with van der Waals surface area (Å²) in [6.07, 6.45) is 1.33. The van der Waals surface area contributed by atoms with Gasteiger partial charge in [-0.25, -0.2) is 0 Å². The topological polar surface area (TPSA) is 59.3 Å². The maximum Gasteiger partial charge on any atom is 0.120 e. The molecule has 0 amide bonds. The Kier molecular flexibility index (Phi) is 5.58. The molecule has 1 heterocycles. The van der Waals surface area contributed by atoms with E-state index >= 15 is 0 Å². The van der Waals surface area contributed by atoms with Crippen LogP contribution >= 0.6 is 15.9 Å². The predicted octanol–water partition coefficient (Wildman–Crippen LogP) is 1.71. The Hall–Kier alpha value is -1.37. The summed E-state index contributed by atoms with van der Waals surface area (Å²) in [4.78, 5) is 0. The van der Waals surface area contributed by atoms with Crippen LogP contribution in [0, 0.1) is 0 Å². The lowest BCUT2D eigenvalue weighted by molar-refractivity contribution is 0.106. The number of aromatic nitrogens is 2. The molecule has 108 valence electrons. The van der Waals surface area contributed by atoms with Gasteiger partial charge in [-0.15, -0.1) is 0 Å². The van der Waals surface area contributed by atoms with Crippen LogP contribution in [-0.4, -0.2) is 34.1 Å². The zero-order valence-electron chi connectivity index (χ0n) is 11.3. The number of halogens is 1. The lowest BCUT2D eigenvalue weighted by atomic mass is 10.3. The highest BCUT2D eigenvalue weighted by atomic mass is 79.9. The van der Waals surface area contributed by atoms with Gasteiger partial charge >= 0.3 is 0 Å². The SMILES string of the molecule is Cn1ccc(CNCC(O)COc2cccc(Br)c2)n1. The van der Waals surface area contributed by atoms with Crippen LogP contribution < -0.4 is 10.1 Å². The molecule has 0 radical (unpaired) electrons. The summed E-state index contributed by atoms with van der Waals surface area (Å²) < 4.78 is 8.23. The van der Waals surface area contributed by atoms with Gasteiger partial charge in [-0.05, 0) is 24.3 Å². The van der Waals surface area contributed by atoms with Crippen molar-refractivity contribution in [3.8, 4) is 5.75 Å². The number of hydrogen-bond donors (Lipinski definition) is 2. The summed E-state index contributed by atoms with van der Waals surface area (Å²) in [5, 5.41) is 17.2. The monoisotopic (exact) mass is 339 g/mol.